The zero-order chi connectivity index (χ0) is 9.68. The van der Waals surface area contributed by atoms with Crippen LogP contribution in [0.25, 0.3) is 6.08 Å². The molecular weight excluding hydrogens is 228 g/mol. The smallest absolute Gasteiger partial charge is 0.126 e. The van der Waals surface area contributed by atoms with Gasteiger partial charge in [-0.2, -0.15) is 0 Å². The number of allylic oxidation sites excluding steroid dienone is 1. The highest BCUT2D eigenvalue weighted by molar-refractivity contribution is 9.09. The van der Waals surface area contributed by atoms with Gasteiger partial charge in [0.05, 0.1) is 7.11 Å². The lowest BCUT2D eigenvalue weighted by Crippen LogP contribution is -1.87. The average molecular weight is 241 g/mol. The predicted molar refractivity (Wildman–Crippen MR) is 60.6 cm³/mol. The van der Waals surface area contributed by atoms with Crippen LogP contribution in [0.4, 0.5) is 0 Å². The first kappa shape index (κ1) is 10.3. The summed E-state index contributed by atoms with van der Waals surface area (Å²) in [5.41, 5.74) is 2.37. The highest BCUT2D eigenvalue weighted by atomic mass is 79.9. The fourth-order valence-electron chi connectivity index (χ4n) is 1.16. The van der Waals surface area contributed by atoms with Crippen molar-refractivity contribution in [3.63, 3.8) is 0 Å². The normalized spacial score (nSPS) is 10.7. The second-order valence-electron chi connectivity index (χ2n) is 2.80. The minimum atomic E-state index is 0.865. The first-order valence-electron chi connectivity index (χ1n) is 4.15. The number of aryl methyl sites for hydroxylation is 1. The van der Waals surface area contributed by atoms with Crippen molar-refractivity contribution in [2.75, 3.05) is 12.4 Å². The maximum atomic E-state index is 5.23. The summed E-state index contributed by atoms with van der Waals surface area (Å²) in [4.78, 5) is 0. The topological polar surface area (TPSA) is 9.23 Å². The van der Waals surface area contributed by atoms with Crippen LogP contribution in [0.2, 0.25) is 0 Å². The SMILES string of the molecule is COc1ccc(C)cc1/C=C/CBr. The molecule has 13 heavy (non-hydrogen) atoms. The van der Waals surface area contributed by atoms with E-state index < -0.39 is 0 Å². The number of hydrogen-bond donors (Lipinski definition) is 0. The van der Waals surface area contributed by atoms with Gasteiger partial charge in [-0.15, -0.1) is 0 Å². The van der Waals surface area contributed by atoms with Crippen LogP contribution in [0.3, 0.4) is 0 Å². The van der Waals surface area contributed by atoms with Gasteiger partial charge in [-0.3, -0.25) is 0 Å². The minimum Gasteiger partial charge on any atom is -0.496 e. The molecule has 0 N–H and O–H groups in total. The fourth-order valence-corrected chi connectivity index (χ4v) is 1.34. The highest BCUT2D eigenvalue weighted by Crippen LogP contribution is 2.20. The van der Waals surface area contributed by atoms with Gasteiger partial charge >= 0.3 is 0 Å². The number of halogens is 1. The predicted octanol–water partition coefficient (Wildman–Crippen LogP) is 3.41. The molecule has 1 rings (SSSR count). The molecule has 0 saturated heterocycles. The van der Waals surface area contributed by atoms with Crippen LogP contribution >= 0.6 is 15.9 Å². The lowest BCUT2D eigenvalue weighted by Gasteiger charge is -2.04. The molecule has 0 aromatic heterocycles. The number of hydrogen-bond acceptors (Lipinski definition) is 1. The summed E-state index contributed by atoms with van der Waals surface area (Å²) in [6, 6.07) is 6.14. The second kappa shape index (κ2) is 5.07. The molecule has 0 amide bonds. The molecule has 0 aliphatic rings. The number of ether oxygens (including phenoxy) is 1. The van der Waals surface area contributed by atoms with E-state index in [4.69, 9.17) is 4.74 Å². The molecule has 0 radical (unpaired) electrons. The van der Waals surface area contributed by atoms with Crippen molar-refractivity contribution in [1.82, 2.24) is 0 Å². The Kier molecular flexibility index (Phi) is 4.03. The minimum absolute atomic E-state index is 0.865. The van der Waals surface area contributed by atoms with E-state index in [0.29, 0.717) is 0 Å². The van der Waals surface area contributed by atoms with E-state index in [2.05, 4.69) is 41.1 Å². The Labute approximate surface area is 87.5 Å². The highest BCUT2D eigenvalue weighted by Gasteiger charge is 1.97. The third-order valence-corrected chi connectivity index (χ3v) is 2.15. The van der Waals surface area contributed by atoms with Gasteiger partial charge in [0.2, 0.25) is 0 Å². The average Bonchev–Trinajstić information content (AvgIpc) is 2.15. The summed E-state index contributed by atoms with van der Waals surface area (Å²) >= 11 is 3.34. The van der Waals surface area contributed by atoms with E-state index in [1.807, 2.05) is 12.1 Å². The van der Waals surface area contributed by atoms with Crippen LogP contribution in [0.15, 0.2) is 24.3 Å². The Bertz CT molecular complexity index is 305. The summed E-state index contributed by atoms with van der Waals surface area (Å²) in [7, 11) is 1.69. The standard InChI is InChI=1S/C11H13BrO/c1-9-5-6-11(13-2)10(8-9)4-3-7-12/h3-6,8H,7H2,1-2H3/b4-3+. The van der Waals surface area contributed by atoms with Crippen LogP contribution in [-0.2, 0) is 0 Å². The number of benzene rings is 1. The molecule has 0 fully saturated rings. The van der Waals surface area contributed by atoms with Crippen molar-refractivity contribution in [1.29, 1.82) is 0 Å². The molecule has 0 aliphatic heterocycles. The van der Waals surface area contributed by atoms with Crippen molar-refractivity contribution < 1.29 is 4.74 Å². The number of alkyl halides is 1. The molecule has 2 heteroatoms. The van der Waals surface area contributed by atoms with Crippen LogP contribution < -0.4 is 4.74 Å². The lowest BCUT2D eigenvalue weighted by molar-refractivity contribution is 0.413. The van der Waals surface area contributed by atoms with Gasteiger partial charge in [-0.1, -0.05) is 39.7 Å². The fraction of sp³-hybridized carbons (Fsp3) is 0.273. The van der Waals surface area contributed by atoms with Crippen LogP contribution in [0, 0.1) is 6.92 Å². The maximum absolute atomic E-state index is 5.23. The van der Waals surface area contributed by atoms with Crippen molar-refractivity contribution in [3.05, 3.63) is 35.4 Å². The molecule has 1 aromatic carbocycles. The van der Waals surface area contributed by atoms with Crippen molar-refractivity contribution in [3.8, 4) is 5.75 Å². The van der Waals surface area contributed by atoms with Crippen molar-refractivity contribution in [2.24, 2.45) is 0 Å². The first-order chi connectivity index (χ1) is 6.27. The molecular formula is C11H13BrO. The summed E-state index contributed by atoms with van der Waals surface area (Å²) in [5, 5.41) is 0.865. The summed E-state index contributed by atoms with van der Waals surface area (Å²) in [6.07, 6.45) is 4.11. The van der Waals surface area contributed by atoms with Crippen molar-refractivity contribution >= 4 is 22.0 Å². The molecule has 0 heterocycles. The van der Waals surface area contributed by atoms with Crippen LogP contribution in [0.1, 0.15) is 11.1 Å². The first-order valence-corrected chi connectivity index (χ1v) is 5.27. The second-order valence-corrected chi connectivity index (χ2v) is 3.45. The van der Waals surface area contributed by atoms with E-state index in [0.717, 1.165) is 16.6 Å². The van der Waals surface area contributed by atoms with Gasteiger partial charge in [0, 0.05) is 10.9 Å². The Hall–Kier alpha value is -0.760. The Balaban J connectivity index is 3.01. The zero-order valence-electron chi connectivity index (χ0n) is 7.88. The zero-order valence-corrected chi connectivity index (χ0v) is 9.47. The molecule has 0 atom stereocenters. The molecule has 0 bridgehead atoms. The molecule has 70 valence electrons. The number of rotatable bonds is 3. The molecule has 0 unspecified atom stereocenters. The lowest BCUT2D eigenvalue weighted by atomic mass is 10.1. The van der Waals surface area contributed by atoms with Gasteiger partial charge in [0.1, 0.15) is 5.75 Å². The largest absolute Gasteiger partial charge is 0.496 e. The Morgan fingerprint density at radius 3 is 2.85 bits per heavy atom. The quantitative estimate of drug-likeness (QED) is 0.737. The van der Waals surface area contributed by atoms with Crippen LogP contribution in [0.5, 0.6) is 5.75 Å². The third-order valence-electron chi connectivity index (χ3n) is 1.77. The monoisotopic (exact) mass is 240 g/mol. The maximum Gasteiger partial charge on any atom is 0.126 e. The molecule has 0 saturated carbocycles. The van der Waals surface area contributed by atoms with Gasteiger partial charge in [0.25, 0.3) is 0 Å². The Morgan fingerprint density at radius 1 is 1.46 bits per heavy atom. The van der Waals surface area contributed by atoms with E-state index in [9.17, 15) is 0 Å². The van der Waals surface area contributed by atoms with Gasteiger partial charge in [0.15, 0.2) is 0 Å². The molecule has 1 aromatic rings. The summed E-state index contributed by atoms with van der Waals surface area (Å²) in [6.45, 7) is 2.07. The van der Waals surface area contributed by atoms with E-state index in [-0.39, 0.29) is 0 Å². The van der Waals surface area contributed by atoms with E-state index in [1.165, 1.54) is 5.56 Å². The molecule has 0 aliphatic carbocycles. The molecule has 1 nitrogen and oxygen atoms in total. The van der Waals surface area contributed by atoms with Gasteiger partial charge in [-0.05, 0) is 19.1 Å². The van der Waals surface area contributed by atoms with E-state index in [1.54, 1.807) is 7.11 Å². The summed E-state index contributed by atoms with van der Waals surface area (Å²) < 4.78 is 5.23. The van der Waals surface area contributed by atoms with Crippen molar-refractivity contribution in [2.45, 2.75) is 6.92 Å². The third kappa shape index (κ3) is 2.88. The number of methoxy groups -OCH3 is 1. The van der Waals surface area contributed by atoms with Gasteiger partial charge < -0.3 is 4.74 Å². The molecule has 0 spiro atoms. The summed E-state index contributed by atoms with van der Waals surface area (Å²) in [5.74, 6) is 0.919. The van der Waals surface area contributed by atoms with Gasteiger partial charge in [-0.25, -0.2) is 0 Å². The van der Waals surface area contributed by atoms with E-state index >= 15 is 0 Å². The Morgan fingerprint density at radius 2 is 2.23 bits per heavy atom. The van der Waals surface area contributed by atoms with Crippen LogP contribution in [-0.4, -0.2) is 12.4 Å².